The standard InChI is InChI=1S/C58H39N3O/c1-58(2)50-23-9-8-19-47(50)48-22-11-21-46(54(48)58)41-17-10-18-42(34-41)55-59-56(43-30-27-37-15-6-7-16-40(37)33-43)61-57(60-55)44-31-32-49-52(35-44)62-51-24-12-20-45(53(49)51)39-28-25-38(26-29-39)36-13-4-3-5-14-36/h3-35H,1-2H3. The first kappa shape index (κ1) is 35.9. The highest BCUT2D eigenvalue weighted by molar-refractivity contribution is 6.13. The fraction of sp³-hybridized carbons (Fsp3) is 0.0517. The summed E-state index contributed by atoms with van der Waals surface area (Å²) >= 11 is 0. The second-order valence-electron chi connectivity index (χ2n) is 16.8. The summed E-state index contributed by atoms with van der Waals surface area (Å²) in [6, 6.07) is 70.8. The highest BCUT2D eigenvalue weighted by Gasteiger charge is 2.37. The van der Waals surface area contributed by atoms with Crippen molar-refractivity contribution in [2.45, 2.75) is 19.3 Å². The summed E-state index contributed by atoms with van der Waals surface area (Å²) in [7, 11) is 0. The molecule has 0 aliphatic heterocycles. The van der Waals surface area contributed by atoms with E-state index in [9.17, 15) is 0 Å². The molecule has 1 aliphatic carbocycles. The Balaban J connectivity index is 0.983. The van der Waals surface area contributed by atoms with Gasteiger partial charge in [-0.25, -0.2) is 15.0 Å². The minimum atomic E-state index is -0.148. The topological polar surface area (TPSA) is 51.8 Å². The van der Waals surface area contributed by atoms with E-state index in [0.29, 0.717) is 17.5 Å². The smallest absolute Gasteiger partial charge is 0.164 e. The monoisotopic (exact) mass is 793 g/mol. The van der Waals surface area contributed by atoms with Gasteiger partial charge in [0.1, 0.15) is 11.2 Å². The average Bonchev–Trinajstić information content (AvgIpc) is 3.83. The normalized spacial score (nSPS) is 12.8. The van der Waals surface area contributed by atoms with Crippen molar-refractivity contribution in [1.82, 2.24) is 15.0 Å². The molecule has 0 saturated carbocycles. The van der Waals surface area contributed by atoms with Crippen LogP contribution >= 0.6 is 0 Å². The lowest BCUT2D eigenvalue weighted by Gasteiger charge is -2.24. The lowest BCUT2D eigenvalue weighted by Crippen LogP contribution is -2.16. The molecule has 0 saturated heterocycles. The van der Waals surface area contributed by atoms with Crippen LogP contribution in [-0.4, -0.2) is 15.0 Å². The quantitative estimate of drug-likeness (QED) is 0.168. The molecule has 2 aromatic heterocycles. The van der Waals surface area contributed by atoms with Crippen LogP contribution in [0.5, 0.6) is 0 Å². The molecular formula is C58H39N3O. The third kappa shape index (κ3) is 5.87. The Kier molecular flexibility index (Phi) is 8.16. The molecule has 1 aliphatic rings. The van der Waals surface area contributed by atoms with E-state index in [0.717, 1.165) is 60.7 Å². The molecule has 0 unspecified atom stereocenters. The SMILES string of the molecule is CC1(C)c2ccccc2-c2cccc(-c3cccc(-c4nc(-c5ccc6ccccc6c5)nc(-c5ccc6c(c5)oc5cccc(-c7ccc(-c8ccccc8)cc7)c56)n4)c3)c21. The Bertz CT molecular complexity index is 3550. The van der Waals surface area contributed by atoms with Crippen molar-refractivity contribution in [3.63, 3.8) is 0 Å². The maximum Gasteiger partial charge on any atom is 0.164 e. The molecule has 0 atom stereocenters. The van der Waals surface area contributed by atoms with Crippen molar-refractivity contribution in [2.24, 2.45) is 0 Å². The van der Waals surface area contributed by atoms with E-state index in [1.807, 2.05) is 12.1 Å². The van der Waals surface area contributed by atoms with Crippen molar-refractivity contribution in [1.29, 1.82) is 0 Å². The third-order valence-corrected chi connectivity index (χ3v) is 12.7. The molecule has 0 bridgehead atoms. The summed E-state index contributed by atoms with van der Waals surface area (Å²) in [5.41, 5.74) is 16.5. The zero-order valence-corrected chi connectivity index (χ0v) is 34.3. The second kappa shape index (κ2) is 14.1. The van der Waals surface area contributed by atoms with Gasteiger partial charge >= 0.3 is 0 Å². The van der Waals surface area contributed by atoms with Crippen LogP contribution in [0.25, 0.3) is 111 Å². The fourth-order valence-electron chi connectivity index (χ4n) is 9.68. The highest BCUT2D eigenvalue weighted by atomic mass is 16.3. The van der Waals surface area contributed by atoms with Gasteiger partial charge in [0.15, 0.2) is 17.5 Å². The lowest BCUT2D eigenvalue weighted by atomic mass is 9.79. The number of benzene rings is 9. The maximum atomic E-state index is 6.62. The van der Waals surface area contributed by atoms with Crippen molar-refractivity contribution in [2.75, 3.05) is 0 Å². The Morgan fingerprint density at radius 1 is 0.355 bits per heavy atom. The van der Waals surface area contributed by atoms with Crippen LogP contribution in [0.3, 0.4) is 0 Å². The molecule has 2 heterocycles. The molecule has 4 nitrogen and oxygen atoms in total. The van der Waals surface area contributed by atoms with E-state index in [4.69, 9.17) is 19.4 Å². The summed E-state index contributed by atoms with van der Waals surface area (Å²) in [6.45, 7) is 4.67. The summed E-state index contributed by atoms with van der Waals surface area (Å²) in [5, 5.41) is 4.43. The Hall–Kier alpha value is -7.95. The van der Waals surface area contributed by atoms with Gasteiger partial charge in [-0.05, 0) is 96.7 Å². The number of aromatic nitrogens is 3. The Morgan fingerprint density at radius 2 is 0.903 bits per heavy atom. The molecule has 9 aromatic carbocycles. The summed E-state index contributed by atoms with van der Waals surface area (Å²) in [5.74, 6) is 1.81. The van der Waals surface area contributed by atoms with Gasteiger partial charge in [0.25, 0.3) is 0 Å². The van der Waals surface area contributed by atoms with E-state index in [-0.39, 0.29) is 5.41 Å². The van der Waals surface area contributed by atoms with Crippen LogP contribution in [0.1, 0.15) is 25.0 Å². The number of furan rings is 1. The lowest BCUT2D eigenvalue weighted by molar-refractivity contribution is 0.662. The predicted molar refractivity (Wildman–Crippen MR) is 255 cm³/mol. The van der Waals surface area contributed by atoms with Gasteiger partial charge in [0.2, 0.25) is 0 Å². The number of hydrogen-bond donors (Lipinski definition) is 0. The van der Waals surface area contributed by atoms with E-state index in [1.54, 1.807) is 0 Å². The molecule has 11 aromatic rings. The zero-order chi connectivity index (χ0) is 41.4. The average molecular weight is 794 g/mol. The van der Waals surface area contributed by atoms with Gasteiger partial charge in [-0.15, -0.1) is 0 Å². The van der Waals surface area contributed by atoms with Crippen molar-refractivity contribution >= 4 is 32.7 Å². The first-order valence-electron chi connectivity index (χ1n) is 21.2. The highest BCUT2D eigenvalue weighted by Crippen LogP contribution is 2.52. The van der Waals surface area contributed by atoms with Crippen LogP contribution in [0, 0.1) is 0 Å². The molecule has 0 spiro atoms. The summed E-state index contributed by atoms with van der Waals surface area (Å²) < 4.78 is 6.62. The maximum absolute atomic E-state index is 6.62. The van der Waals surface area contributed by atoms with Gasteiger partial charge in [-0.1, -0.05) is 184 Å². The first-order chi connectivity index (χ1) is 30.5. The Morgan fingerprint density at radius 3 is 1.73 bits per heavy atom. The van der Waals surface area contributed by atoms with Gasteiger partial charge in [-0.2, -0.15) is 0 Å². The Labute approximate surface area is 359 Å². The van der Waals surface area contributed by atoms with Crippen molar-refractivity contribution in [3.05, 3.63) is 211 Å². The number of nitrogens with zero attached hydrogens (tertiary/aromatic N) is 3. The number of rotatable bonds is 6. The number of hydrogen-bond acceptors (Lipinski definition) is 4. The van der Waals surface area contributed by atoms with E-state index < -0.39 is 0 Å². The third-order valence-electron chi connectivity index (χ3n) is 12.7. The molecule has 292 valence electrons. The second-order valence-corrected chi connectivity index (χ2v) is 16.8. The molecule has 0 radical (unpaired) electrons. The van der Waals surface area contributed by atoms with Crippen LogP contribution in [0.4, 0.5) is 0 Å². The largest absolute Gasteiger partial charge is 0.456 e. The molecular weight excluding hydrogens is 755 g/mol. The number of fused-ring (bicyclic) bond motifs is 7. The van der Waals surface area contributed by atoms with Crippen LogP contribution in [0.2, 0.25) is 0 Å². The molecule has 0 amide bonds. The predicted octanol–water partition coefficient (Wildman–Crippen LogP) is 15.2. The molecule has 4 heteroatoms. The van der Waals surface area contributed by atoms with Gasteiger partial charge in [-0.3, -0.25) is 0 Å². The fourth-order valence-corrected chi connectivity index (χ4v) is 9.68. The van der Waals surface area contributed by atoms with Crippen LogP contribution < -0.4 is 0 Å². The zero-order valence-electron chi connectivity index (χ0n) is 34.3. The van der Waals surface area contributed by atoms with Crippen LogP contribution in [-0.2, 0) is 5.41 Å². The first-order valence-corrected chi connectivity index (χ1v) is 21.2. The molecule has 12 rings (SSSR count). The van der Waals surface area contributed by atoms with Crippen molar-refractivity contribution < 1.29 is 4.42 Å². The van der Waals surface area contributed by atoms with Gasteiger partial charge < -0.3 is 4.42 Å². The molecule has 62 heavy (non-hydrogen) atoms. The van der Waals surface area contributed by atoms with Gasteiger partial charge in [0, 0.05) is 32.9 Å². The van der Waals surface area contributed by atoms with E-state index in [2.05, 4.69) is 202 Å². The van der Waals surface area contributed by atoms with Crippen molar-refractivity contribution in [3.8, 4) is 78.7 Å². The van der Waals surface area contributed by atoms with Crippen LogP contribution in [0.15, 0.2) is 205 Å². The van der Waals surface area contributed by atoms with E-state index in [1.165, 1.54) is 44.3 Å². The molecule has 0 fully saturated rings. The minimum Gasteiger partial charge on any atom is -0.456 e. The summed E-state index contributed by atoms with van der Waals surface area (Å²) in [4.78, 5) is 15.6. The molecule has 0 N–H and O–H groups in total. The minimum absolute atomic E-state index is 0.148. The summed E-state index contributed by atoms with van der Waals surface area (Å²) in [6.07, 6.45) is 0. The van der Waals surface area contributed by atoms with E-state index >= 15 is 0 Å². The van der Waals surface area contributed by atoms with Gasteiger partial charge in [0.05, 0.1) is 0 Å².